The lowest BCUT2D eigenvalue weighted by Gasteiger charge is -2.03. The van der Waals surface area contributed by atoms with Crippen LogP contribution in [-0.4, -0.2) is 21.7 Å². The van der Waals surface area contributed by atoms with Gasteiger partial charge < -0.3 is 5.11 Å². The maximum absolute atomic E-state index is 8.89. The van der Waals surface area contributed by atoms with Gasteiger partial charge in [-0.3, -0.25) is 0 Å². The standard InChI is InChI=1S/C11H11BrN2OS/c1-7-4-9(10-5-8(12)6-16-10)14-11(13-7)2-3-15/h4-6,15H,2-3H2,1H3. The summed E-state index contributed by atoms with van der Waals surface area (Å²) in [4.78, 5) is 9.81. The first-order chi connectivity index (χ1) is 7.69. The van der Waals surface area contributed by atoms with Crippen LogP contribution in [0.15, 0.2) is 22.0 Å². The molecule has 0 amide bonds. The highest BCUT2D eigenvalue weighted by Gasteiger charge is 2.06. The zero-order chi connectivity index (χ0) is 11.5. The SMILES string of the molecule is Cc1cc(-c2cc(Br)cs2)nc(CCO)n1. The molecule has 16 heavy (non-hydrogen) atoms. The predicted octanol–water partition coefficient (Wildman–Crippen LogP) is 2.81. The van der Waals surface area contributed by atoms with E-state index >= 15 is 0 Å². The number of halogens is 1. The summed E-state index contributed by atoms with van der Waals surface area (Å²) < 4.78 is 1.06. The minimum absolute atomic E-state index is 0.0804. The number of aliphatic hydroxyl groups excluding tert-OH is 1. The molecular formula is C11H11BrN2OS. The van der Waals surface area contributed by atoms with Gasteiger partial charge in [-0.15, -0.1) is 11.3 Å². The van der Waals surface area contributed by atoms with Gasteiger partial charge in [-0.25, -0.2) is 9.97 Å². The maximum Gasteiger partial charge on any atom is 0.131 e. The van der Waals surface area contributed by atoms with Gasteiger partial charge in [-0.05, 0) is 35.0 Å². The van der Waals surface area contributed by atoms with Crippen LogP contribution in [0.25, 0.3) is 10.6 Å². The molecule has 0 atom stereocenters. The molecule has 0 radical (unpaired) electrons. The lowest BCUT2D eigenvalue weighted by molar-refractivity contribution is 0.296. The van der Waals surface area contributed by atoms with E-state index in [4.69, 9.17) is 5.11 Å². The van der Waals surface area contributed by atoms with Gasteiger partial charge in [0.2, 0.25) is 0 Å². The van der Waals surface area contributed by atoms with Crippen molar-refractivity contribution in [3.05, 3.63) is 33.5 Å². The van der Waals surface area contributed by atoms with Crippen molar-refractivity contribution in [3.63, 3.8) is 0 Å². The largest absolute Gasteiger partial charge is 0.396 e. The fourth-order valence-corrected chi connectivity index (χ4v) is 2.80. The van der Waals surface area contributed by atoms with E-state index in [2.05, 4.69) is 25.9 Å². The number of thiophene rings is 1. The van der Waals surface area contributed by atoms with Crippen molar-refractivity contribution in [1.29, 1.82) is 0 Å². The van der Waals surface area contributed by atoms with E-state index in [1.54, 1.807) is 11.3 Å². The van der Waals surface area contributed by atoms with E-state index in [-0.39, 0.29) is 6.61 Å². The molecule has 0 unspecified atom stereocenters. The second kappa shape index (κ2) is 5.03. The molecule has 0 aromatic carbocycles. The summed E-state index contributed by atoms with van der Waals surface area (Å²) in [6.07, 6.45) is 0.501. The second-order valence-corrected chi connectivity index (χ2v) is 5.24. The van der Waals surface area contributed by atoms with Gasteiger partial charge in [-0.1, -0.05) is 0 Å². The molecule has 0 fully saturated rings. The molecule has 0 aliphatic heterocycles. The van der Waals surface area contributed by atoms with Gasteiger partial charge in [0.05, 0.1) is 17.2 Å². The molecule has 1 N–H and O–H groups in total. The summed E-state index contributed by atoms with van der Waals surface area (Å²) in [5, 5.41) is 10.9. The average molecular weight is 299 g/mol. The fourth-order valence-electron chi connectivity index (χ4n) is 1.42. The topological polar surface area (TPSA) is 46.0 Å². The number of hydrogen-bond acceptors (Lipinski definition) is 4. The van der Waals surface area contributed by atoms with Gasteiger partial charge in [0.25, 0.3) is 0 Å². The van der Waals surface area contributed by atoms with Crippen LogP contribution in [0.1, 0.15) is 11.5 Å². The van der Waals surface area contributed by atoms with Crippen LogP contribution in [0.5, 0.6) is 0 Å². The summed E-state index contributed by atoms with van der Waals surface area (Å²) in [5.74, 6) is 0.696. The molecule has 2 aromatic heterocycles. The summed E-state index contributed by atoms with van der Waals surface area (Å²) in [7, 11) is 0. The van der Waals surface area contributed by atoms with Gasteiger partial charge in [0.1, 0.15) is 5.82 Å². The maximum atomic E-state index is 8.89. The van der Waals surface area contributed by atoms with Gasteiger partial charge in [-0.2, -0.15) is 0 Å². The Bertz CT molecular complexity index is 498. The first-order valence-corrected chi connectivity index (χ1v) is 6.56. The van der Waals surface area contributed by atoms with E-state index < -0.39 is 0 Å². The van der Waals surface area contributed by atoms with Gasteiger partial charge in [0.15, 0.2) is 0 Å². The molecule has 2 rings (SSSR count). The number of aromatic nitrogens is 2. The van der Waals surface area contributed by atoms with Crippen LogP contribution in [0.4, 0.5) is 0 Å². The Kier molecular flexibility index (Phi) is 3.68. The number of hydrogen-bond donors (Lipinski definition) is 1. The van der Waals surface area contributed by atoms with Crippen molar-refractivity contribution in [1.82, 2.24) is 9.97 Å². The summed E-state index contributed by atoms with van der Waals surface area (Å²) >= 11 is 5.06. The minimum atomic E-state index is 0.0804. The highest BCUT2D eigenvalue weighted by atomic mass is 79.9. The smallest absolute Gasteiger partial charge is 0.131 e. The normalized spacial score (nSPS) is 10.7. The van der Waals surface area contributed by atoms with Gasteiger partial charge >= 0.3 is 0 Å². The molecule has 2 aromatic rings. The molecule has 0 bridgehead atoms. The lowest BCUT2D eigenvalue weighted by Crippen LogP contribution is -2.01. The van der Waals surface area contributed by atoms with Crippen molar-refractivity contribution in [2.75, 3.05) is 6.61 Å². The van der Waals surface area contributed by atoms with E-state index in [1.807, 2.05) is 24.4 Å². The van der Waals surface area contributed by atoms with Crippen LogP contribution in [0, 0.1) is 6.92 Å². The van der Waals surface area contributed by atoms with Crippen LogP contribution < -0.4 is 0 Å². The monoisotopic (exact) mass is 298 g/mol. The number of aryl methyl sites for hydroxylation is 1. The summed E-state index contributed by atoms with van der Waals surface area (Å²) in [6, 6.07) is 3.99. The molecule has 0 aliphatic carbocycles. The van der Waals surface area contributed by atoms with Crippen molar-refractivity contribution in [2.45, 2.75) is 13.3 Å². The first-order valence-electron chi connectivity index (χ1n) is 4.89. The van der Waals surface area contributed by atoms with E-state index in [1.165, 1.54) is 0 Å². The van der Waals surface area contributed by atoms with E-state index in [0.29, 0.717) is 12.2 Å². The molecule has 84 valence electrons. The van der Waals surface area contributed by atoms with E-state index in [9.17, 15) is 0 Å². The highest BCUT2D eigenvalue weighted by molar-refractivity contribution is 9.10. The minimum Gasteiger partial charge on any atom is -0.396 e. The quantitative estimate of drug-likeness (QED) is 0.948. The van der Waals surface area contributed by atoms with Crippen LogP contribution >= 0.6 is 27.3 Å². The third-order valence-electron chi connectivity index (χ3n) is 2.06. The number of nitrogens with zero attached hydrogens (tertiary/aromatic N) is 2. The van der Waals surface area contributed by atoms with Crippen LogP contribution in [0.2, 0.25) is 0 Å². The van der Waals surface area contributed by atoms with Crippen LogP contribution in [-0.2, 0) is 6.42 Å². The third kappa shape index (κ3) is 2.66. The molecule has 0 saturated heterocycles. The Morgan fingerprint density at radius 1 is 1.38 bits per heavy atom. The molecular weight excluding hydrogens is 288 g/mol. The molecule has 0 spiro atoms. The Hall–Kier alpha value is -0.780. The van der Waals surface area contributed by atoms with E-state index in [0.717, 1.165) is 20.7 Å². The van der Waals surface area contributed by atoms with Crippen molar-refractivity contribution >= 4 is 27.3 Å². The Morgan fingerprint density at radius 2 is 2.19 bits per heavy atom. The molecule has 5 heteroatoms. The molecule has 3 nitrogen and oxygen atoms in total. The lowest BCUT2D eigenvalue weighted by atomic mass is 10.2. The van der Waals surface area contributed by atoms with Crippen molar-refractivity contribution in [3.8, 4) is 10.6 Å². The van der Waals surface area contributed by atoms with Crippen molar-refractivity contribution < 1.29 is 5.11 Å². The Labute approximate surface area is 106 Å². The fraction of sp³-hybridized carbons (Fsp3) is 0.273. The molecule has 0 saturated carbocycles. The summed E-state index contributed by atoms with van der Waals surface area (Å²) in [6.45, 7) is 2.02. The third-order valence-corrected chi connectivity index (χ3v) is 3.77. The Balaban J connectivity index is 2.40. The molecule has 0 aliphatic rings. The number of aliphatic hydroxyl groups is 1. The molecule has 2 heterocycles. The zero-order valence-electron chi connectivity index (χ0n) is 8.77. The average Bonchev–Trinajstić information content (AvgIpc) is 2.64. The number of rotatable bonds is 3. The van der Waals surface area contributed by atoms with Gasteiger partial charge in [0, 0.05) is 22.0 Å². The van der Waals surface area contributed by atoms with Crippen LogP contribution in [0.3, 0.4) is 0 Å². The second-order valence-electron chi connectivity index (χ2n) is 3.41. The predicted molar refractivity (Wildman–Crippen MR) is 68.6 cm³/mol. The first kappa shape index (κ1) is 11.7. The summed E-state index contributed by atoms with van der Waals surface area (Å²) in [5.41, 5.74) is 1.85. The highest BCUT2D eigenvalue weighted by Crippen LogP contribution is 2.28. The van der Waals surface area contributed by atoms with Crippen molar-refractivity contribution in [2.24, 2.45) is 0 Å². The Morgan fingerprint density at radius 3 is 2.81 bits per heavy atom. The zero-order valence-corrected chi connectivity index (χ0v) is 11.2.